The zero-order chi connectivity index (χ0) is 54.0. The molecule has 0 N–H and O–H groups in total. The smallest absolute Gasteiger partial charge is 0.330 e. The molecule has 0 saturated carbocycles. The molecule has 1 saturated heterocycles. The summed E-state index contributed by atoms with van der Waals surface area (Å²) in [6.07, 6.45) is 5.80. The normalized spacial score (nSPS) is 18.5. The Bertz CT molecular complexity index is 2400. The quantitative estimate of drug-likeness (QED) is 0.0137. The molecule has 7 atom stereocenters. The molecule has 1 aliphatic heterocycles. The highest BCUT2D eigenvalue weighted by atomic mass is 28.4. The third kappa shape index (κ3) is 15.7. The second-order valence-corrected chi connectivity index (χ2v) is 30.9. The van der Waals surface area contributed by atoms with E-state index < -0.39 is 52.1 Å². The van der Waals surface area contributed by atoms with Gasteiger partial charge in [0.1, 0.15) is 23.6 Å². The van der Waals surface area contributed by atoms with Crippen molar-refractivity contribution in [2.45, 2.75) is 173 Å². The first-order valence-corrected chi connectivity index (χ1v) is 32.0. The number of methoxy groups -OCH3 is 2. The van der Waals surface area contributed by atoms with Gasteiger partial charge in [-0.3, -0.25) is 0 Å². The standard InChI is InChI=1S/C64H88O9Si2/c1-12-74(13-2,14-3)73-64(9,44-29-15-16-30-46-71-75(62(5,6)7,55-35-25-19-26-36-55)56-37-27-20-28-38-56)61(70-49-52-33-23-18-24-34-52)59(69-47-51-31-21-17-22-32-51)58(68-48-53-39-41-54(66-10)42-40-53)50(4)60-63(8,72-60)45-43-57(65)67-11/h17-28,31-43,45,50,58-61H,12-16,29-30,44,46-49H2,1-11H3/b45-43+/t50-,58+,59-,60+,61+,63+,64+/m0/s1. The number of epoxide rings is 1. The first kappa shape index (κ1) is 59.5. The fourth-order valence-electron chi connectivity index (χ4n) is 11.1. The molecule has 0 unspecified atom stereocenters. The molecule has 0 aliphatic carbocycles. The van der Waals surface area contributed by atoms with Crippen LogP contribution in [0.5, 0.6) is 5.75 Å². The topological polar surface area (TPSA) is 94.2 Å². The van der Waals surface area contributed by atoms with Gasteiger partial charge in [0, 0.05) is 18.6 Å². The van der Waals surface area contributed by atoms with Crippen LogP contribution in [0.25, 0.3) is 0 Å². The number of hydrogen-bond donors (Lipinski definition) is 0. The summed E-state index contributed by atoms with van der Waals surface area (Å²) in [7, 11) is -1.92. The lowest BCUT2D eigenvalue weighted by atomic mass is 9.81. The molecule has 1 fully saturated rings. The van der Waals surface area contributed by atoms with Crippen LogP contribution in [0, 0.1) is 5.92 Å². The van der Waals surface area contributed by atoms with Crippen molar-refractivity contribution in [3.63, 3.8) is 0 Å². The van der Waals surface area contributed by atoms with E-state index in [0.717, 1.165) is 72.7 Å². The van der Waals surface area contributed by atoms with E-state index in [0.29, 0.717) is 26.4 Å². The average molecular weight is 1060 g/mol. The number of ether oxygens (including phenoxy) is 6. The first-order chi connectivity index (χ1) is 36.1. The largest absolute Gasteiger partial charge is 0.497 e. The lowest BCUT2D eigenvalue weighted by molar-refractivity contribution is -0.212. The Balaban J connectivity index is 1.37. The predicted octanol–water partition coefficient (Wildman–Crippen LogP) is 13.6. The summed E-state index contributed by atoms with van der Waals surface area (Å²) in [5.41, 5.74) is 1.58. The van der Waals surface area contributed by atoms with Gasteiger partial charge < -0.3 is 37.3 Å². The van der Waals surface area contributed by atoms with Crippen LogP contribution in [0.15, 0.2) is 158 Å². The molecule has 9 nitrogen and oxygen atoms in total. The highest BCUT2D eigenvalue weighted by Gasteiger charge is 2.58. The SMILES string of the molecule is CC[Si](CC)(CC)O[C@](C)(CCCCCCO[Si](c1ccccc1)(c1ccccc1)C(C)(C)C)[C@H](OCc1ccccc1)[C@@H](OCc1ccccc1)[C@H](OCc1ccc(OC)cc1)[C@H](C)[C@H]1O[C@]1(C)/C=C/C(=O)OC. The molecule has 406 valence electrons. The van der Waals surface area contributed by atoms with Gasteiger partial charge in [-0.1, -0.05) is 201 Å². The molecule has 0 radical (unpaired) electrons. The van der Waals surface area contributed by atoms with E-state index in [9.17, 15) is 4.79 Å². The van der Waals surface area contributed by atoms with Crippen molar-refractivity contribution in [2.24, 2.45) is 5.92 Å². The lowest BCUT2D eigenvalue weighted by Crippen LogP contribution is -2.66. The Kier molecular flexibility index (Phi) is 22.3. The maximum atomic E-state index is 12.4. The molecule has 0 bridgehead atoms. The van der Waals surface area contributed by atoms with E-state index in [2.05, 4.69) is 152 Å². The third-order valence-electron chi connectivity index (χ3n) is 15.7. The summed E-state index contributed by atoms with van der Waals surface area (Å²) >= 11 is 0. The average Bonchev–Trinajstić information content (AvgIpc) is 4.14. The van der Waals surface area contributed by atoms with Crippen molar-refractivity contribution in [1.82, 2.24) is 0 Å². The maximum Gasteiger partial charge on any atom is 0.330 e. The second-order valence-electron chi connectivity index (χ2n) is 21.9. The Hall–Kier alpha value is -4.70. The van der Waals surface area contributed by atoms with Gasteiger partial charge in [0.15, 0.2) is 8.32 Å². The minimum absolute atomic E-state index is 0.0886. The van der Waals surface area contributed by atoms with E-state index in [1.54, 1.807) is 13.2 Å². The summed E-state index contributed by atoms with van der Waals surface area (Å²) < 4.78 is 54.5. The molecule has 11 heteroatoms. The zero-order valence-corrected chi connectivity index (χ0v) is 49.1. The van der Waals surface area contributed by atoms with Gasteiger partial charge >= 0.3 is 5.97 Å². The Labute approximate surface area is 452 Å². The van der Waals surface area contributed by atoms with Gasteiger partial charge in [-0.25, -0.2) is 4.79 Å². The molecule has 5 aromatic rings. The molecular weight excluding hydrogens is 969 g/mol. The summed E-state index contributed by atoms with van der Waals surface area (Å²) in [4.78, 5) is 12.4. The molecule has 6 rings (SSSR count). The van der Waals surface area contributed by atoms with Crippen LogP contribution in [-0.2, 0) is 57.2 Å². The van der Waals surface area contributed by atoms with Crippen molar-refractivity contribution >= 4 is 33.0 Å². The van der Waals surface area contributed by atoms with Crippen LogP contribution in [0.4, 0.5) is 0 Å². The van der Waals surface area contributed by atoms with Gasteiger partial charge in [-0.2, -0.15) is 0 Å². The molecule has 0 spiro atoms. The van der Waals surface area contributed by atoms with Gasteiger partial charge in [0.25, 0.3) is 8.32 Å². The van der Waals surface area contributed by atoms with Crippen molar-refractivity contribution in [3.05, 3.63) is 174 Å². The third-order valence-corrected chi connectivity index (χ3v) is 25.5. The van der Waals surface area contributed by atoms with Gasteiger partial charge in [-0.05, 0) is 95.1 Å². The summed E-state index contributed by atoms with van der Waals surface area (Å²) in [6, 6.07) is 53.5. The number of esters is 1. The maximum absolute atomic E-state index is 12.4. The second kappa shape index (κ2) is 28.1. The minimum atomic E-state index is -2.66. The molecule has 75 heavy (non-hydrogen) atoms. The molecular formula is C64H88O9Si2. The summed E-state index contributed by atoms with van der Waals surface area (Å²) in [5, 5.41) is 2.51. The molecule has 1 heterocycles. The summed E-state index contributed by atoms with van der Waals surface area (Å²) in [6.45, 7) is 22.1. The number of carbonyl (C=O) groups excluding carboxylic acids is 1. The fraction of sp³-hybridized carbons (Fsp3) is 0.484. The van der Waals surface area contributed by atoms with Crippen LogP contribution in [-0.4, -0.2) is 79.0 Å². The number of carbonyl (C=O) groups is 1. The molecule has 5 aromatic carbocycles. The van der Waals surface area contributed by atoms with Crippen molar-refractivity contribution in [2.75, 3.05) is 20.8 Å². The first-order valence-electron chi connectivity index (χ1n) is 27.6. The van der Waals surface area contributed by atoms with Crippen LogP contribution >= 0.6 is 0 Å². The zero-order valence-electron chi connectivity index (χ0n) is 47.1. The highest BCUT2D eigenvalue weighted by Crippen LogP contribution is 2.47. The van der Waals surface area contributed by atoms with Gasteiger partial charge in [0.2, 0.25) is 0 Å². The minimum Gasteiger partial charge on any atom is -0.497 e. The Morgan fingerprint density at radius 3 is 1.61 bits per heavy atom. The van der Waals surface area contributed by atoms with Crippen molar-refractivity contribution in [3.8, 4) is 5.75 Å². The Morgan fingerprint density at radius 2 is 1.12 bits per heavy atom. The Morgan fingerprint density at radius 1 is 0.640 bits per heavy atom. The van der Waals surface area contributed by atoms with E-state index in [-0.39, 0.29) is 17.1 Å². The highest BCUT2D eigenvalue weighted by molar-refractivity contribution is 6.99. The molecule has 0 aromatic heterocycles. The van der Waals surface area contributed by atoms with E-state index in [1.165, 1.54) is 23.6 Å². The lowest BCUT2D eigenvalue weighted by Gasteiger charge is -2.49. The fourth-order valence-corrected chi connectivity index (χ4v) is 18.8. The van der Waals surface area contributed by atoms with E-state index in [4.69, 9.17) is 37.3 Å². The number of unbranched alkanes of at least 4 members (excludes halogenated alkanes) is 3. The van der Waals surface area contributed by atoms with Crippen LogP contribution in [0.2, 0.25) is 23.2 Å². The number of rotatable bonds is 32. The van der Waals surface area contributed by atoms with Crippen molar-refractivity contribution < 1.29 is 42.1 Å². The number of benzene rings is 5. The van der Waals surface area contributed by atoms with Crippen molar-refractivity contribution in [1.29, 1.82) is 0 Å². The van der Waals surface area contributed by atoms with Crippen LogP contribution in [0.3, 0.4) is 0 Å². The molecule has 0 amide bonds. The summed E-state index contributed by atoms with van der Waals surface area (Å²) in [5.74, 6) is 0.111. The van der Waals surface area contributed by atoms with E-state index >= 15 is 0 Å². The van der Waals surface area contributed by atoms with Crippen LogP contribution in [0.1, 0.15) is 111 Å². The van der Waals surface area contributed by atoms with Gasteiger partial charge in [0.05, 0.1) is 51.8 Å². The number of hydrogen-bond acceptors (Lipinski definition) is 9. The van der Waals surface area contributed by atoms with Gasteiger partial charge in [-0.15, -0.1) is 0 Å². The monoisotopic (exact) mass is 1060 g/mol. The molecule has 1 aliphatic rings. The van der Waals surface area contributed by atoms with Crippen LogP contribution < -0.4 is 15.1 Å². The van der Waals surface area contributed by atoms with E-state index in [1.807, 2.05) is 55.5 Å². The predicted molar refractivity (Wildman–Crippen MR) is 309 cm³/mol.